The zero-order valence-electron chi connectivity index (χ0n) is 16.0. The molecule has 27 heavy (non-hydrogen) atoms. The van der Waals surface area contributed by atoms with Crippen molar-refractivity contribution >= 4 is 11.8 Å². The standard InChI is InChI=1S/C22H32O5/c1-2-3-4-5-6-7-8-9-10-11-17(23)12-13-18-19(14-15-22(26)27)21(25)16-20(18)24/h3-4,6-7,9-10,12-13,17-19,21,23,25H,2,5,8,11,14-16H2,1H3,(H,26,27)/b4-3-,7-6+,10-9-,13-12+/t17-,18+,19-,21-/m0/s1. The Morgan fingerprint density at radius 3 is 2.41 bits per heavy atom. The predicted molar refractivity (Wildman–Crippen MR) is 106 cm³/mol. The number of carbonyl (C=O) groups excluding carboxylic acids is 1. The molecule has 0 spiro atoms. The van der Waals surface area contributed by atoms with Gasteiger partial charge in [0.25, 0.3) is 0 Å². The van der Waals surface area contributed by atoms with Crippen molar-refractivity contribution in [1.29, 1.82) is 0 Å². The molecule has 0 aromatic heterocycles. The van der Waals surface area contributed by atoms with Crippen molar-refractivity contribution < 1.29 is 24.9 Å². The Morgan fingerprint density at radius 1 is 1.15 bits per heavy atom. The number of rotatable bonds is 12. The van der Waals surface area contributed by atoms with E-state index in [1.807, 2.05) is 12.2 Å². The van der Waals surface area contributed by atoms with Crippen LogP contribution in [0.3, 0.4) is 0 Å². The molecule has 0 saturated heterocycles. The van der Waals surface area contributed by atoms with Gasteiger partial charge in [0.05, 0.1) is 12.2 Å². The summed E-state index contributed by atoms with van der Waals surface area (Å²) < 4.78 is 0. The van der Waals surface area contributed by atoms with Crippen molar-refractivity contribution in [3.63, 3.8) is 0 Å². The van der Waals surface area contributed by atoms with Crippen molar-refractivity contribution in [2.24, 2.45) is 11.8 Å². The van der Waals surface area contributed by atoms with Gasteiger partial charge in [-0.3, -0.25) is 9.59 Å². The second-order valence-electron chi connectivity index (χ2n) is 6.84. The van der Waals surface area contributed by atoms with E-state index in [-0.39, 0.29) is 31.0 Å². The number of carbonyl (C=O) groups is 2. The first-order valence-electron chi connectivity index (χ1n) is 9.69. The molecule has 3 N–H and O–H groups in total. The number of carboxylic acid groups (broad SMARTS) is 1. The van der Waals surface area contributed by atoms with E-state index in [1.54, 1.807) is 12.2 Å². The molecule has 0 heterocycles. The number of hydrogen-bond donors (Lipinski definition) is 3. The maximum absolute atomic E-state index is 12.0. The molecule has 1 rings (SSSR count). The lowest BCUT2D eigenvalue weighted by molar-refractivity contribution is -0.137. The molecule has 0 aliphatic heterocycles. The first kappa shape index (κ1) is 23.1. The van der Waals surface area contributed by atoms with Crippen LogP contribution < -0.4 is 0 Å². The van der Waals surface area contributed by atoms with Gasteiger partial charge in [0.2, 0.25) is 0 Å². The summed E-state index contributed by atoms with van der Waals surface area (Å²) in [6.45, 7) is 2.10. The summed E-state index contributed by atoms with van der Waals surface area (Å²) in [7, 11) is 0. The van der Waals surface area contributed by atoms with E-state index in [0.717, 1.165) is 19.3 Å². The molecule has 1 aliphatic carbocycles. The Bertz CT molecular complexity index is 573. The first-order valence-corrected chi connectivity index (χ1v) is 9.69. The summed E-state index contributed by atoms with van der Waals surface area (Å²) in [6, 6.07) is 0. The summed E-state index contributed by atoms with van der Waals surface area (Å²) in [4.78, 5) is 22.7. The van der Waals surface area contributed by atoms with Crippen LogP contribution in [-0.2, 0) is 9.59 Å². The molecule has 0 radical (unpaired) electrons. The number of Topliss-reactive ketones (excluding diaryl/α,β-unsaturated/α-hetero) is 1. The molecule has 1 fully saturated rings. The van der Waals surface area contributed by atoms with Crippen molar-refractivity contribution in [3.05, 3.63) is 48.6 Å². The van der Waals surface area contributed by atoms with E-state index in [0.29, 0.717) is 6.42 Å². The lowest BCUT2D eigenvalue weighted by atomic mass is 9.89. The Labute approximate surface area is 161 Å². The number of aliphatic hydroxyl groups excluding tert-OH is 2. The average molecular weight is 376 g/mol. The van der Waals surface area contributed by atoms with E-state index >= 15 is 0 Å². The highest BCUT2D eigenvalue weighted by Gasteiger charge is 2.39. The third kappa shape index (κ3) is 9.50. The quantitative estimate of drug-likeness (QED) is 0.453. The van der Waals surface area contributed by atoms with Crippen LogP contribution in [0.5, 0.6) is 0 Å². The molecular weight excluding hydrogens is 344 g/mol. The summed E-state index contributed by atoms with van der Waals surface area (Å²) in [5.74, 6) is -1.94. The van der Waals surface area contributed by atoms with E-state index < -0.39 is 24.1 Å². The van der Waals surface area contributed by atoms with Crippen LogP contribution in [0.4, 0.5) is 0 Å². The molecule has 0 unspecified atom stereocenters. The Kier molecular flexibility index (Phi) is 11.3. The SMILES string of the molecule is CC/C=C\C/C=C/C/C=C\C[C@H](O)/C=C/[C@H]1C(=O)C[C@H](O)[C@H]1CCC(=O)O. The molecular formula is C22H32O5. The highest BCUT2D eigenvalue weighted by molar-refractivity contribution is 5.86. The van der Waals surface area contributed by atoms with Gasteiger partial charge < -0.3 is 15.3 Å². The topological polar surface area (TPSA) is 94.8 Å². The van der Waals surface area contributed by atoms with Gasteiger partial charge in [-0.2, -0.15) is 0 Å². The van der Waals surface area contributed by atoms with E-state index in [9.17, 15) is 19.8 Å². The number of aliphatic hydroxyl groups is 2. The lowest BCUT2D eigenvalue weighted by Gasteiger charge is -2.17. The molecule has 1 aliphatic rings. The van der Waals surface area contributed by atoms with Crippen molar-refractivity contribution in [2.75, 3.05) is 0 Å². The number of ketones is 1. The maximum atomic E-state index is 12.0. The zero-order chi connectivity index (χ0) is 20.1. The fourth-order valence-electron chi connectivity index (χ4n) is 3.15. The summed E-state index contributed by atoms with van der Waals surface area (Å²) >= 11 is 0. The Balaban J connectivity index is 2.40. The van der Waals surface area contributed by atoms with Crippen LogP contribution in [0.1, 0.15) is 51.9 Å². The second-order valence-corrected chi connectivity index (χ2v) is 6.84. The Hall–Kier alpha value is -1.98. The van der Waals surface area contributed by atoms with Gasteiger partial charge >= 0.3 is 5.97 Å². The van der Waals surface area contributed by atoms with Gasteiger partial charge in [0.15, 0.2) is 0 Å². The molecule has 150 valence electrons. The van der Waals surface area contributed by atoms with Gasteiger partial charge in [-0.15, -0.1) is 0 Å². The van der Waals surface area contributed by atoms with Crippen molar-refractivity contribution in [1.82, 2.24) is 0 Å². The van der Waals surface area contributed by atoms with Crippen LogP contribution in [0.2, 0.25) is 0 Å². The first-order chi connectivity index (χ1) is 13.0. The zero-order valence-corrected chi connectivity index (χ0v) is 16.0. The van der Waals surface area contributed by atoms with E-state index in [4.69, 9.17) is 5.11 Å². The number of carboxylic acids is 1. The molecule has 0 bridgehead atoms. The molecule has 0 aromatic carbocycles. The van der Waals surface area contributed by atoms with Crippen LogP contribution in [0.25, 0.3) is 0 Å². The van der Waals surface area contributed by atoms with Gasteiger partial charge in [-0.1, -0.05) is 55.5 Å². The van der Waals surface area contributed by atoms with Crippen LogP contribution in [0, 0.1) is 11.8 Å². The maximum Gasteiger partial charge on any atom is 0.303 e. The lowest BCUT2D eigenvalue weighted by Crippen LogP contribution is -2.20. The molecule has 0 amide bonds. The minimum absolute atomic E-state index is 0.0507. The average Bonchev–Trinajstić information content (AvgIpc) is 2.89. The number of allylic oxidation sites excluding steroid dienone is 6. The molecule has 4 atom stereocenters. The molecule has 5 nitrogen and oxygen atoms in total. The van der Waals surface area contributed by atoms with Crippen LogP contribution in [-0.4, -0.2) is 39.3 Å². The van der Waals surface area contributed by atoms with Gasteiger partial charge in [-0.25, -0.2) is 0 Å². The molecule has 1 saturated carbocycles. The van der Waals surface area contributed by atoms with Gasteiger partial charge in [-0.05, 0) is 38.0 Å². The number of aliphatic carboxylic acids is 1. The van der Waals surface area contributed by atoms with Crippen molar-refractivity contribution in [3.8, 4) is 0 Å². The van der Waals surface area contributed by atoms with Crippen LogP contribution in [0.15, 0.2) is 48.6 Å². The van der Waals surface area contributed by atoms with Gasteiger partial charge in [0, 0.05) is 18.8 Å². The highest BCUT2D eigenvalue weighted by atomic mass is 16.4. The molecule has 5 heteroatoms. The summed E-state index contributed by atoms with van der Waals surface area (Å²) in [5, 5.41) is 28.8. The monoisotopic (exact) mass is 376 g/mol. The van der Waals surface area contributed by atoms with Gasteiger partial charge in [0.1, 0.15) is 5.78 Å². The Morgan fingerprint density at radius 2 is 1.78 bits per heavy atom. The highest BCUT2D eigenvalue weighted by Crippen LogP contribution is 2.34. The van der Waals surface area contributed by atoms with E-state index in [2.05, 4.69) is 31.2 Å². The van der Waals surface area contributed by atoms with E-state index in [1.165, 1.54) is 0 Å². The fraction of sp³-hybridized carbons (Fsp3) is 0.545. The molecule has 0 aromatic rings. The minimum atomic E-state index is -0.940. The minimum Gasteiger partial charge on any atom is -0.481 e. The second kappa shape index (κ2) is 13.2. The smallest absolute Gasteiger partial charge is 0.303 e. The number of hydrogen-bond acceptors (Lipinski definition) is 4. The third-order valence-electron chi connectivity index (χ3n) is 4.63. The van der Waals surface area contributed by atoms with Crippen LogP contribution >= 0.6 is 0 Å². The summed E-state index contributed by atoms with van der Waals surface area (Å²) in [6.07, 6.45) is 17.5. The fourth-order valence-corrected chi connectivity index (χ4v) is 3.15. The predicted octanol–water partition coefficient (Wildman–Crippen LogP) is 3.58. The largest absolute Gasteiger partial charge is 0.481 e. The third-order valence-corrected chi connectivity index (χ3v) is 4.63. The van der Waals surface area contributed by atoms with Crippen molar-refractivity contribution in [2.45, 2.75) is 64.1 Å². The summed E-state index contributed by atoms with van der Waals surface area (Å²) in [5.41, 5.74) is 0. The normalized spacial score (nSPS) is 24.9.